The molecule has 0 saturated carbocycles. The predicted molar refractivity (Wildman–Crippen MR) is 110 cm³/mol. The molecule has 0 aromatic heterocycles. The molecule has 3 rings (SSSR count). The standard InChI is InChI=1S/C22H27N3O3/c1-16(2)18-7-9-19(10-8-18)25-12-11-24(22(25)27)15-21(26)23-14-17-5-4-6-20(13-17)28-3/h4-10,13,16H,11-12,14-15H2,1-3H3,(H,23,26). The molecule has 0 atom stereocenters. The second-order valence-corrected chi connectivity index (χ2v) is 7.23. The number of anilines is 1. The summed E-state index contributed by atoms with van der Waals surface area (Å²) in [6, 6.07) is 15.5. The van der Waals surface area contributed by atoms with Gasteiger partial charge in [0.25, 0.3) is 0 Å². The number of hydrogen-bond donors (Lipinski definition) is 1. The summed E-state index contributed by atoms with van der Waals surface area (Å²) in [6.45, 7) is 5.87. The van der Waals surface area contributed by atoms with Crippen LogP contribution in [0.5, 0.6) is 5.75 Å². The van der Waals surface area contributed by atoms with Gasteiger partial charge in [0.15, 0.2) is 0 Å². The predicted octanol–water partition coefficient (Wildman–Crippen LogP) is 3.38. The highest BCUT2D eigenvalue weighted by atomic mass is 16.5. The zero-order valence-corrected chi connectivity index (χ0v) is 16.6. The van der Waals surface area contributed by atoms with Crippen molar-refractivity contribution in [1.82, 2.24) is 10.2 Å². The Bertz CT molecular complexity index is 833. The SMILES string of the molecule is COc1cccc(CNC(=O)CN2CCN(c3ccc(C(C)C)cc3)C2=O)c1. The number of methoxy groups -OCH3 is 1. The molecule has 0 bridgehead atoms. The van der Waals surface area contributed by atoms with E-state index in [1.165, 1.54) is 5.56 Å². The molecular formula is C22H27N3O3. The molecule has 6 heteroatoms. The van der Waals surface area contributed by atoms with Crippen LogP contribution in [0.4, 0.5) is 10.5 Å². The van der Waals surface area contributed by atoms with Crippen molar-refractivity contribution in [3.8, 4) is 5.75 Å². The lowest BCUT2D eigenvalue weighted by Crippen LogP contribution is -2.39. The molecule has 3 amide bonds. The topological polar surface area (TPSA) is 61.9 Å². The van der Waals surface area contributed by atoms with E-state index in [1.807, 2.05) is 36.4 Å². The van der Waals surface area contributed by atoms with Gasteiger partial charge in [-0.3, -0.25) is 9.69 Å². The molecule has 0 aliphatic carbocycles. The number of rotatable bonds is 7. The van der Waals surface area contributed by atoms with Crippen LogP contribution in [0.3, 0.4) is 0 Å². The number of nitrogens with zero attached hydrogens (tertiary/aromatic N) is 2. The fourth-order valence-corrected chi connectivity index (χ4v) is 3.22. The van der Waals surface area contributed by atoms with Gasteiger partial charge in [-0.05, 0) is 41.3 Å². The highest BCUT2D eigenvalue weighted by molar-refractivity contribution is 5.96. The largest absolute Gasteiger partial charge is 0.497 e. The molecular weight excluding hydrogens is 354 g/mol. The lowest BCUT2D eigenvalue weighted by molar-refractivity contribution is -0.121. The molecule has 1 aliphatic rings. The van der Waals surface area contributed by atoms with Crippen LogP contribution in [0.25, 0.3) is 0 Å². The summed E-state index contributed by atoms with van der Waals surface area (Å²) >= 11 is 0. The van der Waals surface area contributed by atoms with Gasteiger partial charge in [-0.25, -0.2) is 4.79 Å². The van der Waals surface area contributed by atoms with Gasteiger partial charge in [0.1, 0.15) is 12.3 Å². The summed E-state index contributed by atoms with van der Waals surface area (Å²) in [5, 5.41) is 2.87. The van der Waals surface area contributed by atoms with E-state index in [1.54, 1.807) is 16.9 Å². The minimum atomic E-state index is -0.173. The Morgan fingerprint density at radius 2 is 1.89 bits per heavy atom. The summed E-state index contributed by atoms with van der Waals surface area (Å²) in [4.78, 5) is 28.3. The number of urea groups is 1. The molecule has 1 saturated heterocycles. The number of ether oxygens (including phenoxy) is 1. The number of carbonyl (C=O) groups excluding carboxylic acids is 2. The van der Waals surface area contributed by atoms with Gasteiger partial charge in [0.05, 0.1) is 7.11 Å². The molecule has 148 valence electrons. The van der Waals surface area contributed by atoms with Gasteiger partial charge in [-0.15, -0.1) is 0 Å². The molecule has 0 unspecified atom stereocenters. The third-order valence-corrected chi connectivity index (χ3v) is 4.92. The van der Waals surface area contributed by atoms with E-state index < -0.39 is 0 Å². The molecule has 28 heavy (non-hydrogen) atoms. The Morgan fingerprint density at radius 1 is 1.14 bits per heavy atom. The van der Waals surface area contributed by atoms with Crippen molar-refractivity contribution in [2.24, 2.45) is 0 Å². The Hall–Kier alpha value is -3.02. The van der Waals surface area contributed by atoms with E-state index in [4.69, 9.17) is 4.74 Å². The smallest absolute Gasteiger partial charge is 0.325 e. The zero-order valence-electron chi connectivity index (χ0n) is 16.6. The first kappa shape index (κ1) is 19.7. The quantitative estimate of drug-likeness (QED) is 0.800. The summed E-state index contributed by atoms with van der Waals surface area (Å²) in [5.74, 6) is 1.03. The van der Waals surface area contributed by atoms with E-state index in [-0.39, 0.29) is 18.5 Å². The molecule has 1 N–H and O–H groups in total. The van der Waals surface area contributed by atoms with Crippen LogP contribution in [0, 0.1) is 0 Å². The van der Waals surface area contributed by atoms with E-state index >= 15 is 0 Å². The van der Waals surface area contributed by atoms with Gasteiger partial charge in [-0.2, -0.15) is 0 Å². The fourth-order valence-electron chi connectivity index (χ4n) is 3.22. The minimum absolute atomic E-state index is 0.0589. The Kier molecular flexibility index (Phi) is 6.19. The molecule has 6 nitrogen and oxygen atoms in total. The van der Waals surface area contributed by atoms with Gasteiger partial charge in [0.2, 0.25) is 5.91 Å². The molecule has 0 spiro atoms. The average Bonchev–Trinajstić information content (AvgIpc) is 3.07. The third-order valence-electron chi connectivity index (χ3n) is 4.92. The summed E-state index contributed by atoms with van der Waals surface area (Å²) in [6.07, 6.45) is 0. The van der Waals surface area contributed by atoms with E-state index in [0.29, 0.717) is 25.6 Å². The molecule has 1 fully saturated rings. The maximum Gasteiger partial charge on any atom is 0.325 e. The molecule has 0 radical (unpaired) electrons. The number of hydrogen-bond acceptors (Lipinski definition) is 3. The Morgan fingerprint density at radius 3 is 2.57 bits per heavy atom. The first-order chi connectivity index (χ1) is 13.5. The van der Waals surface area contributed by atoms with E-state index in [0.717, 1.165) is 17.0 Å². The van der Waals surface area contributed by atoms with Crippen molar-refractivity contribution in [3.63, 3.8) is 0 Å². The molecule has 1 heterocycles. The summed E-state index contributed by atoms with van der Waals surface area (Å²) in [7, 11) is 1.61. The molecule has 2 aromatic carbocycles. The first-order valence-corrected chi connectivity index (χ1v) is 9.54. The maximum absolute atomic E-state index is 12.7. The van der Waals surface area contributed by atoms with Crippen molar-refractivity contribution < 1.29 is 14.3 Å². The summed E-state index contributed by atoms with van der Waals surface area (Å²) in [5.41, 5.74) is 3.06. The normalized spacial score (nSPS) is 13.9. The zero-order chi connectivity index (χ0) is 20.1. The Labute approximate surface area is 166 Å². The van der Waals surface area contributed by atoms with E-state index in [2.05, 4.69) is 31.3 Å². The fraction of sp³-hybridized carbons (Fsp3) is 0.364. The minimum Gasteiger partial charge on any atom is -0.497 e. The van der Waals surface area contributed by atoms with Crippen LogP contribution in [0.15, 0.2) is 48.5 Å². The number of nitrogens with one attached hydrogen (secondary N) is 1. The van der Waals surface area contributed by atoms with Crippen LogP contribution < -0.4 is 15.0 Å². The van der Waals surface area contributed by atoms with Crippen molar-refractivity contribution in [3.05, 3.63) is 59.7 Å². The van der Waals surface area contributed by atoms with Crippen LogP contribution in [-0.2, 0) is 11.3 Å². The third kappa shape index (κ3) is 4.63. The monoisotopic (exact) mass is 381 g/mol. The van der Waals surface area contributed by atoms with Gasteiger partial charge in [-0.1, -0.05) is 38.1 Å². The number of amides is 3. The van der Waals surface area contributed by atoms with Crippen LogP contribution in [-0.4, -0.2) is 43.6 Å². The Balaban J connectivity index is 1.53. The highest BCUT2D eigenvalue weighted by Crippen LogP contribution is 2.23. The second-order valence-electron chi connectivity index (χ2n) is 7.23. The molecule has 2 aromatic rings. The van der Waals surface area contributed by atoms with E-state index in [9.17, 15) is 9.59 Å². The summed E-state index contributed by atoms with van der Waals surface area (Å²) < 4.78 is 5.19. The van der Waals surface area contributed by atoms with Crippen LogP contribution in [0.2, 0.25) is 0 Å². The van der Waals surface area contributed by atoms with Crippen LogP contribution in [0.1, 0.15) is 30.9 Å². The lowest BCUT2D eigenvalue weighted by atomic mass is 10.0. The number of benzene rings is 2. The van der Waals surface area contributed by atoms with Crippen LogP contribution >= 0.6 is 0 Å². The highest BCUT2D eigenvalue weighted by Gasteiger charge is 2.30. The number of carbonyl (C=O) groups is 2. The molecule has 1 aliphatic heterocycles. The van der Waals surface area contributed by atoms with Gasteiger partial charge in [0, 0.05) is 25.3 Å². The van der Waals surface area contributed by atoms with Crippen molar-refractivity contribution in [2.75, 3.05) is 31.6 Å². The van der Waals surface area contributed by atoms with Crippen molar-refractivity contribution in [2.45, 2.75) is 26.3 Å². The maximum atomic E-state index is 12.7. The van der Waals surface area contributed by atoms with Gasteiger partial charge < -0.3 is 15.0 Å². The van der Waals surface area contributed by atoms with Gasteiger partial charge >= 0.3 is 6.03 Å². The van der Waals surface area contributed by atoms with Crippen molar-refractivity contribution >= 4 is 17.6 Å². The van der Waals surface area contributed by atoms with Crippen molar-refractivity contribution in [1.29, 1.82) is 0 Å². The second kappa shape index (κ2) is 8.78. The lowest BCUT2D eigenvalue weighted by Gasteiger charge is -2.19. The average molecular weight is 381 g/mol. The first-order valence-electron chi connectivity index (χ1n) is 9.54.